The number of carbonyl (C=O) groups is 1. The van der Waals surface area contributed by atoms with Gasteiger partial charge in [-0.15, -0.1) is 0 Å². The van der Waals surface area contributed by atoms with E-state index < -0.39 is 6.10 Å². The van der Waals surface area contributed by atoms with Gasteiger partial charge in [-0.05, 0) is 24.1 Å². The number of aliphatic hydroxyl groups excluding tert-OH is 1. The summed E-state index contributed by atoms with van der Waals surface area (Å²) in [4.78, 5) is 13.5. The molecule has 2 heterocycles. The van der Waals surface area contributed by atoms with Crippen LogP contribution in [0.15, 0.2) is 18.2 Å². The van der Waals surface area contributed by atoms with Crippen molar-refractivity contribution in [2.24, 2.45) is 0 Å². The average molecular weight is 249 g/mol. The van der Waals surface area contributed by atoms with Crippen molar-refractivity contribution in [3.63, 3.8) is 0 Å². The Morgan fingerprint density at radius 1 is 1.33 bits per heavy atom. The van der Waals surface area contributed by atoms with Gasteiger partial charge >= 0.3 is 0 Å². The minimum absolute atomic E-state index is 0.00594. The fourth-order valence-electron chi connectivity index (χ4n) is 2.29. The van der Waals surface area contributed by atoms with Crippen molar-refractivity contribution in [3.8, 4) is 11.5 Å². The Labute approximate surface area is 105 Å². The van der Waals surface area contributed by atoms with Gasteiger partial charge in [-0.1, -0.05) is 6.07 Å². The molecule has 18 heavy (non-hydrogen) atoms. The Kier molecular flexibility index (Phi) is 2.83. The third-order valence-corrected chi connectivity index (χ3v) is 3.31. The first kappa shape index (κ1) is 11.3. The molecular weight excluding hydrogens is 234 g/mol. The van der Waals surface area contributed by atoms with Crippen molar-refractivity contribution in [1.82, 2.24) is 4.90 Å². The van der Waals surface area contributed by atoms with Gasteiger partial charge in [-0.3, -0.25) is 4.79 Å². The topological polar surface area (TPSA) is 59.0 Å². The summed E-state index contributed by atoms with van der Waals surface area (Å²) in [6.45, 7) is 1.42. The molecule has 0 aromatic heterocycles. The fraction of sp³-hybridized carbons (Fsp3) is 0.462. The number of hydrogen-bond acceptors (Lipinski definition) is 4. The minimum Gasteiger partial charge on any atom is -0.454 e. The van der Waals surface area contributed by atoms with Crippen LogP contribution in [0.3, 0.4) is 0 Å². The normalized spacial score (nSPS) is 22.4. The average Bonchev–Trinajstić information content (AvgIpc) is 2.80. The van der Waals surface area contributed by atoms with Crippen molar-refractivity contribution in [3.05, 3.63) is 23.8 Å². The van der Waals surface area contributed by atoms with Crippen LogP contribution >= 0.6 is 0 Å². The van der Waals surface area contributed by atoms with E-state index in [1.165, 1.54) is 0 Å². The van der Waals surface area contributed by atoms with E-state index >= 15 is 0 Å². The van der Waals surface area contributed by atoms with Gasteiger partial charge in [0.1, 0.15) is 0 Å². The van der Waals surface area contributed by atoms with Crippen LogP contribution in [0.2, 0.25) is 0 Å². The van der Waals surface area contributed by atoms with Gasteiger partial charge in [0, 0.05) is 13.1 Å². The van der Waals surface area contributed by atoms with Crippen LogP contribution < -0.4 is 9.47 Å². The Bertz CT molecular complexity index is 474. The summed E-state index contributed by atoms with van der Waals surface area (Å²) < 4.78 is 10.5. The quantitative estimate of drug-likeness (QED) is 0.846. The molecule has 1 saturated heterocycles. The van der Waals surface area contributed by atoms with Gasteiger partial charge in [0.2, 0.25) is 12.7 Å². The van der Waals surface area contributed by atoms with E-state index in [1.54, 1.807) is 4.90 Å². The molecule has 0 spiro atoms. The highest BCUT2D eigenvalue weighted by Gasteiger charge is 2.24. The summed E-state index contributed by atoms with van der Waals surface area (Å²) in [5.74, 6) is 1.49. The molecule has 1 amide bonds. The molecule has 1 unspecified atom stereocenters. The van der Waals surface area contributed by atoms with Crippen molar-refractivity contribution in [1.29, 1.82) is 0 Å². The Hall–Kier alpha value is -1.75. The zero-order valence-electron chi connectivity index (χ0n) is 9.96. The maximum atomic E-state index is 11.8. The van der Waals surface area contributed by atoms with E-state index in [-0.39, 0.29) is 19.1 Å². The summed E-state index contributed by atoms with van der Waals surface area (Å²) >= 11 is 0. The highest BCUT2D eigenvalue weighted by molar-refractivity contribution is 5.77. The Morgan fingerprint density at radius 2 is 2.17 bits per heavy atom. The van der Waals surface area contributed by atoms with E-state index in [9.17, 15) is 9.90 Å². The molecule has 0 aliphatic carbocycles. The lowest BCUT2D eigenvalue weighted by molar-refractivity contribution is -0.137. The number of aliphatic hydroxyl groups is 1. The van der Waals surface area contributed by atoms with Gasteiger partial charge in [-0.2, -0.15) is 0 Å². The molecule has 1 N–H and O–H groups in total. The molecule has 96 valence electrons. The predicted molar refractivity (Wildman–Crippen MR) is 63.2 cm³/mol. The SMILES string of the molecule is O=C1CC(O)CCN1Cc1ccc2c(c1)OCO2. The largest absolute Gasteiger partial charge is 0.454 e. The van der Waals surface area contributed by atoms with Gasteiger partial charge in [0.05, 0.1) is 12.5 Å². The van der Waals surface area contributed by atoms with Gasteiger partial charge in [-0.25, -0.2) is 0 Å². The summed E-state index contributed by atoms with van der Waals surface area (Å²) in [5.41, 5.74) is 1.02. The summed E-state index contributed by atoms with van der Waals surface area (Å²) in [7, 11) is 0. The summed E-state index contributed by atoms with van der Waals surface area (Å²) in [5, 5.41) is 9.41. The molecule has 5 nitrogen and oxygen atoms in total. The lowest BCUT2D eigenvalue weighted by Crippen LogP contribution is -2.40. The molecule has 2 aliphatic heterocycles. The van der Waals surface area contributed by atoms with E-state index in [4.69, 9.17) is 9.47 Å². The molecule has 1 fully saturated rings. The van der Waals surface area contributed by atoms with Crippen LogP contribution in [0.25, 0.3) is 0 Å². The van der Waals surface area contributed by atoms with Gasteiger partial charge < -0.3 is 19.5 Å². The monoisotopic (exact) mass is 249 g/mol. The lowest BCUT2D eigenvalue weighted by Gasteiger charge is -2.29. The van der Waals surface area contributed by atoms with Crippen molar-refractivity contribution < 1.29 is 19.4 Å². The first-order valence-electron chi connectivity index (χ1n) is 6.07. The summed E-state index contributed by atoms with van der Waals surface area (Å²) in [6.07, 6.45) is 0.395. The van der Waals surface area contributed by atoms with Crippen molar-refractivity contribution in [2.75, 3.05) is 13.3 Å². The first-order chi connectivity index (χ1) is 8.72. The second-order valence-corrected chi connectivity index (χ2v) is 4.65. The zero-order valence-corrected chi connectivity index (χ0v) is 9.96. The van der Waals surface area contributed by atoms with Crippen molar-refractivity contribution >= 4 is 5.91 Å². The van der Waals surface area contributed by atoms with Crippen LogP contribution in [0, 0.1) is 0 Å². The second kappa shape index (κ2) is 4.49. The number of benzene rings is 1. The minimum atomic E-state index is -0.481. The molecule has 3 rings (SSSR count). The Balaban J connectivity index is 1.71. The van der Waals surface area contributed by atoms with E-state index in [0.29, 0.717) is 19.5 Å². The number of carbonyl (C=O) groups excluding carboxylic acids is 1. The zero-order chi connectivity index (χ0) is 12.5. The van der Waals surface area contributed by atoms with E-state index in [1.807, 2.05) is 18.2 Å². The highest BCUT2D eigenvalue weighted by atomic mass is 16.7. The van der Waals surface area contributed by atoms with Gasteiger partial charge in [0.25, 0.3) is 0 Å². The number of piperidine rings is 1. The molecule has 0 saturated carbocycles. The number of likely N-dealkylation sites (tertiary alicyclic amines) is 1. The molecule has 0 radical (unpaired) electrons. The first-order valence-corrected chi connectivity index (χ1v) is 6.07. The maximum Gasteiger partial charge on any atom is 0.231 e. The third kappa shape index (κ3) is 2.13. The number of fused-ring (bicyclic) bond motifs is 1. The third-order valence-electron chi connectivity index (χ3n) is 3.31. The lowest BCUT2D eigenvalue weighted by atomic mass is 10.1. The number of nitrogens with zero attached hydrogens (tertiary/aromatic N) is 1. The standard InChI is InChI=1S/C13H15NO4/c15-10-3-4-14(13(16)6-10)7-9-1-2-11-12(5-9)18-8-17-11/h1-2,5,10,15H,3-4,6-8H2. The number of amides is 1. The molecule has 2 aliphatic rings. The smallest absolute Gasteiger partial charge is 0.231 e. The van der Waals surface area contributed by atoms with Crippen LogP contribution in [0.5, 0.6) is 11.5 Å². The molecule has 0 bridgehead atoms. The van der Waals surface area contributed by atoms with Gasteiger partial charge in [0.15, 0.2) is 11.5 Å². The highest BCUT2D eigenvalue weighted by Crippen LogP contribution is 2.33. The maximum absolute atomic E-state index is 11.8. The predicted octanol–water partition coefficient (Wildman–Crippen LogP) is 0.899. The van der Waals surface area contributed by atoms with Crippen LogP contribution in [-0.4, -0.2) is 35.4 Å². The Morgan fingerprint density at radius 3 is 3.00 bits per heavy atom. The molecular formula is C13H15NO4. The van der Waals surface area contributed by atoms with E-state index in [0.717, 1.165) is 17.1 Å². The molecule has 5 heteroatoms. The van der Waals surface area contributed by atoms with Crippen LogP contribution in [0.4, 0.5) is 0 Å². The fourth-order valence-corrected chi connectivity index (χ4v) is 2.29. The summed E-state index contributed by atoms with van der Waals surface area (Å²) in [6, 6.07) is 5.70. The number of ether oxygens (including phenoxy) is 2. The second-order valence-electron chi connectivity index (χ2n) is 4.65. The van der Waals surface area contributed by atoms with E-state index in [2.05, 4.69) is 0 Å². The van der Waals surface area contributed by atoms with Crippen LogP contribution in [0.1, 0.15) is 18.4 Å². The molecule has 1 aromatic carbocycles. The molecule has 1 aromatic rings. The van der Waals surface area contributed by atoms with Crippen LogP contribution in [-0.2, 0) is 11.3 Å². The van der Waals surface area contributed by atoms with Crippen molar-refractivity contribution in [2.45, 2.75) is 25.5 Å². The molecule has 1 atom stereocenters. The number of rotatable bonds is 2. The number of hydrogen-bond donors (Lipinski definition) is 1.